The van der Waals surface area contributed by atoms with Crippen molar-refractivity contribution in [2.45, 2.75) is 58.9 Å². The van der Waals surface area contributed by atoms with Crippen LogP contribution in [0.1, 0.15) is 29.8 Å². The Bertz CT molecular complexity index is 1990. The minimum Gasteiger partial charge on any atom is -0.744 e. The van der Waals surface area contributed by atoms with Crippen molar-refractivity contribution in [2.75, 3.05) is 6.61 Å². The van der Waals surface area contributed by atoms with Gasteiger partial charge >= 0.3 is 0 Å². The van der Waals surface area contributed by atoms with Gasteiger partial charge in [0.15, 0.2) is 21.0 Å². The van der Waals surface area contributed by atoms with E-state index in [1.807, 2.05) is 79.7 Å². The molecular weight excluding hydrogens is 697 g/mol. The summed E-state index contributed by atoms with van der Waals surface area (Å²) in [6.45, 7) is 3.44. The van der Waals surface area contributed by atoms with Crippen molar-refractivity contribution in [1.82, 2.24) is 9.97 Å². The Balaban J connectivity index is 0.000000362. The van der Waals surface area contributed by atoms with E-state index >= 15 is 0 Å². The van der Waals surface area contributed by atoms with Crippen molar-refractivity contribution in [2.24, 2.45) is 0 Å². The highest BCUT2D eigenvalue weighted by Gasteiger charge is 2.29. The van der Waals surface area contributed by atoms with E-state index in [1.54, 1.807) is 24.5 Å². The van der Waals surface area contributed by atoms with Gasteiger partial charge in [0.05, 0.1) is 33.8 Å². The molecule has 0 aliphatic carbocycles. The second kappa shape index (κ2) is 17.8. The van der Waals surface area contributed by atoms with Crippen molar-refractivity contribution >= 4 is 21.0 Å². The smallest absolute Gasteiger partial charge is 0.199 e. The predicted molar refractivity (Wildman–Crippen MR) is 197 cm³/mol. The van der Waals surface area contributed by atoms with Crippen LogP contribution in [0.2, 0.25) is 0 Å². The van der Waals surface area contributed by atoms with Crippen molar-refractivity contribution in [3.63, 3.8) is 0 Å². The normalized spacial score (nSPS) is 13.9. The summed E-state index contributed by atoms with van der Waals surface area (Å²) in [5.74, 6) is 2.43. The quantitative estimate of drug-likeness (QED) is 0.0907. The van der Waals surface area contributed by atoms with Gasteiger partial charge in [0, 0.05) is 18.8 Å². The number of aromatic nitrogens is 2. The molecular formula is C41H38N2O7S2. The first kappa shape index (κ1) is 36.6. The number of rotatable bonds is 12. The van der Waals surface area contributed by atoms with E-state index in [1.165, 1.54) is 26.8 Å². The molecule has 1 saturated heterocycles. The van der Waals surface area contributed by atoms with Gasteiger partial charge in [-0.15, -0.1) is 0 Å². The Kier molecular flexibility index (Phi) is 12.5. The third kappa shape index (κ3) is 10.7. The van der Waals surface area contributed by atoms with E-state index in [4.69, 9.17) is 18.9 Å². The summed E-state index contributed by atoms with van der Waals surface area (Å²) in [5.41, 5.74) is 2.72. The highest BCUT2D eigenvalue weighted by atomic mass is 32.2. The molecule has 7 rings (SSSR count). The average molecular weight is 735 g/mol. The van der Waals surface area contributed by atoms with Crippen LogP contribution in [0.4, 0.5) is 0 Å². The lowest BCUT2D eigenvalue weighted by Crippen LogP contribution is -2.14. The summed E-state index contributed by atoms with van der Waals surface area (Å²) in [6.07, 6.45) is 5.36. The standard InChI is InChI=1S/C34H31N2O4S.C7H8O3S/c1-3-21-35-26(6-1)24-38-28-9-15-31(16-10-28)41(33-19-13-30(14-20-33)40-34-8-5-23-37-34)32-17-11-29(12-18-32)39-25-27-7-2-4-22-36-27;1-6-2-4-7(5-3-6)11(8,9)10/h1-4,6-7,9-22,34H,5,8,23-25H2;2-5H,1H3,(H,8,9,10)/q+1;/p-1. The molecule has 1 fully saturated rings. The third-order valence-corrected chi connectivity index (χ3v) is 10.9. The third-order valence-electron chi connectivity index (χ3n) is 7.87. The fraction of sp³-hybridized carbons (Fsp3) is 0.171. The van der Waals surface area contributed by atoms with Gasteiger partial charge in [0.1, 0.15) is 40.6 Å². The van der Waals surface area contributed by atoms with Gasteiger partial charge in [-0.3, -0.25) is 9.97 Å². The molecule has 0 spiro atoms. The maximum Gasteiger partial charge on any atom is 0.199 e. The van der Waals surface area contributed by atoms with Crippen LogP contribution in [0.25, 0.3) is 0 Å². The van der Waals surface area contributed by atoms with Gasteiger partial charge < -0.3 is 23.5 Å². The van der Waals surface area contributed by atoms with Gasteiger partial charge in [-0.05, 0) is 123 Å². The molecule has 11 heteroatoms. The van der Waals surface area contributed by atoms with Crippen LogP contribution in [0.15, 0.2) is 165 Å². The van der Waals surface area contributed by atoms with Crippen molar-refractivity contribution < 1.29 is 31.9 Å². The number of hydrogen-bond donors (Lipinski definition) is 0. The number of pyridine rings is 2. The van der Waals surface area contributed by atoms with Gasteiger partial charge in [-0.2, -0.15) is 0 Å². The Hall–Kier alpha value is -5.20. The molecule has 1 aliphatic rings. The summed E-state index contributed by atoms with van der Waals surface area (Å²) in [7, 11) is -4.62. The molecule has 0 amide bonds. The van der Waals surface area contributed by atoms with E-state index in [2.05, 4.69) is 46.4 Å². The van der Waals surface area contributed by atoms with Crippen molar-refractivity contribution in [1.29, 1.82) is 0 Å². The summed E-state index contributed by atoms with van der Waals surface area (Å²) in [5, 5.41) is 0. The van der Waals surface area contributed by atoms with Crippen LogP contribution in [-0.4, -0.2) is 35.8 Å². The van der Waals surface area contributed by atoms with E-state index in [0.29, 0.717) is 13.2 Å². The molecule has 266 valence electrons. The lowest BCUT2D eigenvalue weighted by molar-refractivity contribution is -0.0390. The Labute approximate surface area is 307 Å². The van der Waals surface area contributed by atoms with Crippen LogP contribution in [0.5, 0.6) is 17.2 Å². The van der Waals surface area contributed by atoms with Crippen LogP contribution in [-0.2, 0) is 39.0 Å². The number of aryl methyl sites for hydroxylation is 1. The fourth-order valence-corrected chi connectivity index (χ4v) is 7.70. The molecule has 2 aromatic heterocycles. The maximum absolute atomic E-state index is 10.4. The summed E-state index contributed by atoms with van der Waals surface area (Å²) < 4.78 is 54.8. The molecule has 9 nitrogen and oxygen atoms in total. The Morgan fingerprint density at radius 3 is 1.56 bits per heavy atom. The van der Waals surface area contributed by atoms with Crippen LogP contribution in [0.3, 0.4) is 0 Å². The minimum absolute atomic E-state index is 0.156. The monoisotopic (exact) mass is 734 g/mol. The molecule has 1 unspecified atom stereocenters. The van der Waals surface area contributed by atoms with E-state index in [-0.39, 0.29) is 22.1 Å². The number of nitrogens with zero attached hydrogens (tertiary/aromatic N) is 2. The Morgan fingerprint density at radius 1 is 0.673 bits per heavy atom. The highest BCUT2D eigenvalue weighted by molar-refractivity contribution is 7.97. The first-order valence-electron chi connectivity index (χ1n) is 16.7. The second-order valence-corrected chi connectivity index (χ2v) is 15.2. The zero-order chi connectivity index (χ0) is 36.2. The Morgan fingerprint density at radius 2 is 1.15 bits per heavy atom. The zero-order valence-corrected chi connectivity index (χ0v) is 30.2. The molecule has 52 heavy (non-hydrogen) atoms. The predicted octanol–water partition coefficient (Wildman–Crippen LogP) is 8.14. The fourth-order valence-electron chi connectivity index (χ4n) is 5.19. The molecule has 1 atom stereocenters. The topological polar surface area (TPSA) is 120 Å². The van der Waals surface area contributed by atoms with Crippen molar-refractivity contribution in [3.05, 3.63) is 163 Å². The number of benzene rings is 4. The summed E-state index contributed by atoms with van der Waals surface area (Å²) >= 11 is 0. The maximum atomic E-state index is 10.4. The average Bonchev–Trinajstić information content (AvgIpc) is 3.69. The molecule has 6 aromatic rings. The molecule has 3 heterocycles. The number of hydrogen-bond acceptors (Lipinski definition) is 9. The lowest BCUT2D eigenvalue weighted by Gasteiger charge is -2.14. The SMILES string of the molecule is Cc1ccc(S(=O)(=O)[O-])cc1.c1ccc(COc2ccc([S+](c3ccc(OCc4ccccn4)cc3)c3ccc(OC4CCCO4)cc3)cc2)nc1. The van der Waals surface area contributed by atoms with Gasteiger partial charge in [0.2, 0.25) is 0 Å². The molecule has 4 aromatic carbocycles. The van der Waals surface area contributed by atoms with E-state index in [9.17, 15) is 13.0 Å². The summed E-state index contributed by atoms with van der Waals surface area (Å²) in [4.78, 5) is 12.1. The van der Waals surface area contributed by atoms with Crippen LogP contribution < -0.4 is 14.2 Å². The van der Waals surface area contributed by atoms with E-state index in [0.717, 1.165) is 53.6 Å². The second-order valence-electron chi connectivity index (χ2n) is 11.8. The van der Waals surface area contributed by atoms with Gasteiger partial charge in [-0.1, -0.05) is 29.8 Å². The van der Waals surface area contributed by atoms with Crippen LogP contribution >= 0.6 is 0 Å². The van der Waals surface area contributed by atoms with Crippen molar-refractivity contribution in [3.8, 4) is 17.2 Å². The molecule has 0 saturated carbocycles. The van der Waals surface area contributed by atoms with E-state index < -0.39 is 10.1 Å². The zero-order valence-electron chi connectivity index (χ0n) is 28.5. The first-order chi connectivity index (χ1) is 25.3. The first-order valence-corrected chi connectivity index (χ1v) is 19.3. The van der Waals surface area contributed by atoms with Gasteiger partial charge in [-0.25, -0.2) is 8.42 Å². The molecule has 0 radical (unpaired) electrons. The number of ether oxygens (including phenoxy) is 4. The largest absolute Gasteiger partial charge is 0.744 e. The molecule has 0 N–H and O–H groups in total. The summed E-state index contributed by atoms with van der Waals surface area (Å²) in [6, 6.07) is 42.4. The van der Waals surface area contributed by atoms with Crippen LogP contribution in [0, 0.1) is 6.92 Å². The molecule has 0 bridgehead atoms. The minimum atomic E-state index is -4.27. The molecule has 1 aliphatic heterocycles. The lowest BCUT2D eigenvalue weighted by atomic mass is 10.2. The highest BCUT2D eigenvalue weighted by Crippen LogP contribution is 2.34. The van der Waals surface area contributed by atoms with Gasteiger partial charge in [0.25, 0.3) is 0 Å².